The zero-order valence-electron chi connectivity index (χ0n) is 7.86. The number of nitrogens with zero attached hydrogens (tertiary/aromatic N) is 2. The topological polar surface area (TPSA) is 51.0 Å². The summed E-state index contributed by atoms with van der Waals surface area (Å²) >= 11 is 1.60. The first-order chi connectivity index (χ1) is 6.90. The Kier molecular flexibility index (Phi) is 2.78. The SMILES string of the molecule is CCCNc1nc(-c2cccs2)no1. The van der Waals surface area contributed by atoms with Crippen LogP contribution in [0.5, 0.6) is 0 Å². The average Bonchev–Trinajstić information content (AvgIpc) is 2.85. The maximum absolute atomic E-state index is 5.02. The van der Waals surface area contributed by atoms with Crippen molar-refractivity contribution in [3.8, 4) is 10.7 Å². The van der Waals surface area contributed by atoms with Gasteiger partial charge in [0.25, 0.3) is 0 Å². The number of rotatable bonds is 4. The Balaban J connectivity index is 2.10. The molecule has 0 bridgehead atoms. The van der Waals surface area contributed by atoms with E-state index in [0.717, 1.165) is 17.8 Å². The van der Waals surface area contributed by atoms with Gasteiger partial charge in [-0.1, -0.05) is 18.1 Å². The minimum atomic E-state index is 0.496. The Morgan fingerprint density at radius 1 is 1.57 bits per heavy atom. The van der Waals surface area contributed by atoms with Gasteiger partial charge in [-0.2, -0.15) is 4.98 Å². The zero-order chi connectivity index (χ0) is 9.80. The predicted octanol–water partition coefficient (Wildman–Crippen LogP) is 2.62. The largest absolute Gasteiger partial charge is 0.338 e. The number of nitrogens with one attached hydrogen (secondary N) is 1. The number of thiophene rings is 1. The Morgan fingerprint density at radius 2 is 2.50 bits per heavy atom. The van der Waals surface area contributed by atoms with Crippen molar-refractivity contribution in [2.24, 2.45) is 0 Å². The molecule has 0 amide bonds. The van der Waals surface area contributed by atoms with E-state index >= 15 is 0 Å². The van der Waals surface area contributed by atoms with Crippen LogP contribution in [0.2, 0.25) is 0 Å². The van der Waals surface area contributed by atoms with E-state index in [2.05, 4.69) is 22.4 Å². The first kappa shape index (κ1) is 9.21. The second kappa shape index (κ2) is 4.23. The van der Waals surface area contributed by atoms with E-state index in [0.29, 0.717) is 11.8 Å². The van der Waals surface area contributed by atoms with Crippen molar-refractivity contribution in [2.75, 3.05) is 11.9 Å². The molecular formula is C9H11N3OS. The van der Waals surface area contributed by atoms with Crippen LogP contribution in [0.1, 0.15) is 13.3 Å². The lowest BCUT2D eigenvalue weighted by atomic mass is 10.4. The van der Waals surface area contributed by atoms with E-state index in [1.54, 1.807) is 11.3 Å². The molecule has 4 nitrogen and oxygen atoms in total. The van der Waals surface area contributed by atoms with Gasteiger partial charge in [0.15, 0.2) is 0 Å². The maximum atomic E-state index is 5.02. The van der Waals surface area contributed by atoms with E-state index in [-0.39, 0.29) is 0 Å². The second-order valence-corrected chi connectivity index (χ2v) is 3.77. The molecule has 74 valence electrons. The van der Waals surface area contributed by atoms with Gasteiger partial charge in [-0.05, 0) is 17.9 Å². The van der Waals surface area contributed by atoms with Crippen molar-refractivity contribution < 1.29 is 4.52 Å². The highest BCUT2D eigenvalue weighted by atomic mass is 32.1. The van der Waals surface area contributed by atoms with Crippen LogP contribution >= 0.6 is 11.3 Å². The van der Waals surface area contributed by atoms with E-state index in [1.165, 1.54) is 0 Å². The van der Waals surface area contributed by atoms with Gasteiger partial charge in [-0.3, -0.25) is 0 Å². The van der Waals surface area contributed by atoms with Crippen molar-refractivity contribution in [1.29, 1.82) is 0 Å². The summed E-state index contributed by atoms with van der Waals surface area (Å²) in [6.45, 7) is 2.94. The van der Waals surface area contributed by atoms with Crippen LogP contribution in [0, 0.1) is 0 Å². The molecule has 0 fully saturated rings. The minimum Gasteiger partial charge on any atom is -0.338 e. The molecule has 0 atom stereocenters. The minimum absolute atomic E-state index is 0.496. The molecule has 0 aliphatic carbocycles. The Labute approximate surface area is 86.0 Å². The van der Waals surface area contributed by atoms with Gasteiger partial charge in [0.1, 0.15) is 0 Å². The third-order valence-electron chi connectivity index (χ3n) is 1.69. The molecule has 0 saturated carbocycles. The quantitative estimate of drug-likeness (QED) is 0.841. The molecule has 0 saturated heterocycles. The fourth-order valence-electron chi connectivity index (χ4n) is 1.03. The standard InChI is InChI=1S/C9H11N3OS/c1-2-5-10-9-11-8(12-13-9)7-4-3-6-14-7/h3-4,6H,2,5H2,1H3,(H,10,11,12). The van der Waals surface area contributed by atoms with Crippen molar-refractivity contribution in [3.05, 3.63) is 17.5 Å². The molecule has 5 heteroatoms. The molecule has 2 heterocycles. The summed E-state index contributed by atoms with van der Waals surface area (Å²) in [5.41, 5.74) is 0. The van der Waals surface area contributed by atoms with Crippen molar-refractivity contribution in [1.82, 2.24) is 10.1 Å². The summed E-state index contributed by atoms with van der Waals surface area (Å²) in [6.07, 6.45) is 1.04. The normalized spacial score (nSPS) is 10.4. The number of hydrogen-bond donors (Lipinski definition) is 1. The van der Waals surface area contributed by atoms with E-state index in [9.17, 15) is 0 Å². The highest BCUT2D eigenvalue weighted by Crippen LogP contribution is 2.22. The van der Waals surface area contributed by atoms with Gasteiger partial charge >= 0.3 is 6.01 Å². The van der Waals surface area contributed by atoms with Gasteiger partial charge in [0.2, 0.25) is 5.82 Å². The summed E-state index contributed by atoms with van der Waals surface area (Å²) in [4.78, 5) is 5.24. The molecule has 0 unspecified atom stereocenters. The van der Waals surface area contributed by atoms with Gasteiger partial charge in [-0.15, -0.1) is 11.3 Å². The van der Waals surface area contributed by atoms with Crippen LogP contribution in [-0.2, 0) is 0 Å². The van der Waals surface area contributed by atoms with Gasteiger partial charge < -0.3 is 9.84 Å². The lowest BCUT2D eigenvalue weighted by Gasteiger charge is -1.93. The van der Waals surface area contributed by atoms with E-state index in [1.807, 2.05) is 17.5 Å². The molecular weight excluding hydrogens is 198 g/mol. The number of anilines is 1. The molecule has 14 heavy (non-hydrogen) atoms. The highest BCUT2D eigenvalue weighted by molar-refractivity contribution is 7.13. The Morgan fingerprint density at radius 3 is 3.21 bits per heavy atom. The summed E-state index contributed by atoms with van der Waals surface area (Å²) in [6, 6.07) is 4.43. The van der Waals surface area contributed by atoms with Crippen LogP contribution < -0.4 is 5.32 Å². The van der Waals surface area contributed by atoms with Gasteiger partial charge in [0.05, 0.1) is 4.88 Å². The summed E-state index contributed by atoms with van der Waals surface area (Å²) < 4.78 is 5.02. The Hall–Kier alpha value is -1.36. The smallest absolute Gasteiger partial charge is 0.321 e. The highest BCUT2D eigenvalue weighted by Gasteiger charge is 2.07. The van der Waals surface area contributed by atoms with E-state index in [4.69, 9.17) is 4.52 Å². The summed E-state index contributed by atoms with van der Waals surface area (Å²) in [5, 5.41) is 8.91. The van der Waals surface area contributed by atoms with Crippen LogP contribution in [0.25, 0.3) is 10.7 Å². The molecule has 0 radical (unpaired) electrons. The van der Waals surface area contributed by atoms with Crippen LogP contribution in [0.15, 0.2) is 22.0 Å². The first-order valence-corrected chi connectivity index (χ1v) is 5.39. The summed E-state index contributed by atoms with van der Waals surface area (Å²) in [7, 11) is 0. The van der Waals surface area contributed by atoms with Crippen LogP contribution in [0.4, 0.5) is 6.01 Å². The number of hydrogen-bond acceptors (Lipinski definition) is 5. The molecule has 0 aliphatic heterocycles. The molecule has 0 spiro atoms. The zero-order valence-corrected chi connectivity index (χ0v) is 8.67. The predicted molar refractivity (Wildman–Crippen MR) is 56.4 cm³/mol. The third-order valence-corrected chi connectivity index (χ3v) is 2.56. The fraction of sp³-hybridized carbons (Fsp3) is 0.333. The van der Waals surface area contributed by atoms with Crippen molar-refractivity contribution in [3.63, 3.8) is 0 Å². The Bertz CT molecular complexity index is 382. The molecule has 2 aromatic heterocycles. The summed E-state index contributed by atoms with van der Waals surface area (Å²) in [5.74, 6) is 0.651. The lowest BCUT2D eigenvalue weighted by molar-refractivity contribution is 0.432. The molecule has 2 aromatic rings. The van der Waals surface area contributed by atoms with Crippen LogP contribution in [-0.4, -0.2) is 16.7 Å². The number of aromatic nitrogens is 2. The third kappa shape index (κ3) is 1.93. The van der Waals surface area contributed by atoms with Crippen molar-refractivity contribution in [2.45, 2.75) is 13.3 Å². The molecule has 2 rings (SSSR count). The van der Waals surface area contributed by atoms with Gasteiger partial charge in [-0.25, -0.2) is 0 Å². The maximum Gasteiger partial charge on any atom is 0.321 e. The molecule has 0 aliphatic rings. The lowest BCUT2D eigenvalue weighted by Crippen LogP contribution is -1.99. The molecule has 0 aromatic carbocycles. The average molecular weight is 209 g/mol. The van der Waals surface area contributed by atoms with Crippen molar-refractivity contribution >= 4 is 17.4 Å². The van der Waals surface area contributed by atoms with Crippen LogP contribution in [0.3, 0.4) is 0 Å². The first-order valence-electron chi connectivity index (χ1n) is 4.51. The van der Waals surface area contributed by atoms with E-state index < -0.39 is 0 Å². The monoisotopic (exact) mass is 209 g/mol. The van der Waals surface area contributed by atoms with Gasteiger partial charge in [0, 0.05) is 6.54 Å². The second-order valence-electron chi connectivity index (χ2n) is 2.83. The molecule has 1 N–H and O–H groups in total. The fourth-order valence-corrected chi connectivity index (χ4v) is 1.68.